The molecule has 35 heavy (non-hydrogen) atoms. The van der Waals surface area contributed by atoms with Gasteiger partial charge in [0.1, 0.15) is 0 Å². The van der Waals surface area contributed by atoms with Crippen molar-refractivity contribution in [1.82, 2.24) is 0 Å². The minimum atomic E-state index is -9.13. The molecule has 212 valence electrons. The normalized spacial score (nSPS) is 17.6. The molecular formula is C13H6F21I. The van der Waals surface area contributed by atoms with Crippen LogP contribution in [0.5, 0.6) is 0 Å². The Bertz CT molecular complexity index is 762. The summed E-state index contributed by atoms with van der Waals surface area (Å²) in [7, 11) is 0. The summed E-state index contributed by atoms with van der Waals surface area (Å²) >= 11 is 0.730. The molecule has 0 heterocycles. The van der Waals surface area contributed by atoms with Crippen molar-refractivity contribution in [3.63, 3.8) is 0 Å². The molecule has 0 N–H and O–H groups in total. The van der Waals surface area contributed by atoms with Crippen LogP contribution in [0.15, 0.2) is 0 Å². The highest BCUT2D eigenvalue weighted by molar-refractivity contribution is 14.1. The quantitative estimate of drug-likeness (QED) is 0.123. The standard InChI is InChI=1S/C13H6F21I/c1-3(2-35)4(14,15)5(16,17)6(18,19)7(20,21)8(22,23)9(24,25)10(26,27)11(28,29)12(30,31)13(32,33)34/h3H,2H2,1H3. The van der Waals surface area contributed by atoms with Crippen molar-refractivity contribution in [3.8, 4) is 0 Å². The van der Waals surface area contributed by atoms with E-state index >= 15 is 0 Å². The molecule has 22 heteroatoms. The largest absolute Gasteiger partial charge is 0.460 e. The Morgan fingerprint density at radius 1 is 0.400 bits per heavy atom. The van der Waals surface area contributed by atoms with Crippen LogP contribution in [-0.4, -0.2) is 63.9 Å². The fourth-order valence-electron chi connectivity index (χ4n) is 1.98. The topological polar surface area (TPSA) is 0 Å². The Balaban J connectivity index is 7.09. The van der Waals surface area contributed by atoms with Crippen LogP contribution in [0.3, 0.4) is 0 Å². The molecule has 0 spiro atoms. The van der Waals surface area contributed by atoms with E-state index in [-0.39, 0.29) is 6.92 Å². The summed E-state index contributed by atoms with van der Waals surface area (Å²) in [6, 6.07) is 0. The van der Waals surface area contributed by atoms with Gasteiger partial charge in [0.15, 0.2) is 0 Å². The van der Waals surface area contributed by atoms with E-state index in [1.165, 1.54) is 0 Å². The van der Waals surface area contributed by atoms with Gasteiger partial charge in [-0.3, -0.25) is 0 Å². The van der Waals surface area contributed by atoms with Crippen LogP contribution in [-0.2, 0) is 0 Å². The maximum Gasteiger partial charge on any atom is 0.460 e. The van der Waals surface area contributed by atoms with E-state index in [4.69, 9.17) is 0 Å². The van der Waals surface area contributed by atoms with E-state index < -0.39 is 69.8 Å². The van der Waals surface area contributed by atoms with Gasteiger partial charge >= 0.3 is 59.5 Å². The van der Waals surface area contributed by atoms with E-state index in [0.717, 1.165) is 22.6 Å². The average molecular weight is 688 g/mol. The summed E-state index contributed by atoms with van der Waals surface area (Å²) in [6.45, 7) is -0.102. The maximum absolute atomic E-state index is 13.5. The summed E-state index contributed by atoms with van der Waals surface area (Å²) in [5.74, 6) is -79.5. The minimum absolute atomic E-state index is 0.102. The van der Waals surface area contributed by atoms with E-state index in [9.17, 15) is 92.2 Å². The van der Waals surface area contributed by atoms with E-state index in [0.29, 0.717) is 0 Å². The Morgan fingerprint density at radius 3 is 0.800 bits per heavy atom. The second-order valence-electron chi connectivity index (χ2n) is 6.77. The zero-order valence-electron chi connectivity index (χ0n) is 15.6. The minimum Gasteiger partial charge on any atom is -0.199 e. The highest BCUT2D eigenvalue weighted by Crippen LogP contribution is 2.66. The van der Waals surface area contributed by atoms with Gasteiger partial charge in [-0.2, -0.15) is 92.2 Å². The second-order valence-corrected chi connectivity index (χ2v) is 7.65. The molecule has 1 atom stereocenters. The smallest absolute Gasteiger partial charge is 0.199 e. The van der Waals surface area contributed by atoms with E-state index in [1.54, 1.807) is 0 Å². The Kier molecular flexibility index (Phi) is 8.47. The molecule has 0 bridgehead atoms. The summed E-state index contributed by atoms with van der Waals surface area (Å²) in [5.41, 5.74) is 0. The predicted molar refractivity (Wildman–Crippen MR) is 78.6 cm³/mol. The number of rotatable bonds is 10. The Hall–Kier alpha value is -0.740. The van der Waals surface area contributed by atoms with E-state index in [2.05, 4.69) is 0 Å². The monoisotopic (exact) mass is 688 g/mol. The Morgan fingerprint density at radius 2 is 0.600 bits per heavy atom. The second kappa shape index (κ2) is 8.65. The van der Waals surface area contributed by atoms with Gasteiger partial charge in [0.05, 0.1) is 0 Å². The van der Waals surface area contributed by atoms with Gasteiger partial charge in [-0.1, -0.05) is 29.5 Å². The van der Waals surface area contributed by atoms with Crippen molar-refractivity contribution in [3.05, 3.63) is 0 Å². The van der Waals surface area contributed by atoms with Gasteiger partial charge in [0.25, 0.3) is 0 Å². The van der Waals surface area contributed by atoms with Gasteiger partial charge in [-0.15, -0.1) is 0 Å². The fourth-order valence-corrected chi connectivity index (χ4v) is 2.53. The molecule has 0 nitrogen and oxygen atoms in total. The summed E-state index contributed by atoms with van der Waals surface area (Å²) in [4.78, 5) is 0. The van der Waals surface area contributed by atoms with Crippen LogP contribution >= 0.6 is 22.6 Å². The van der Waals surface area contributed by atoms with Crippen LogP contribution in [0, 0.1) is 5.92 Å². The molecule has 0 aromatic rings. The van der Waals surface area contributed by atoms with Gasteiger partial charge in [0.2, 0.25) is 0 Å². The van der Waals surface area contributed by atoms with Gasteiger partial charge in [0, 0.05) is 10.3 Å². The number of halogens is 22. The van der Waals surface area contributed by atoms with Gasteiger partial charge in [-0.05, 0) is 0 Å². The van der Waals surface area contributed by atoms with Crippen LogP contribution in [0.1, 0.15) is 6.92 Å². The lowest BCUT2D eigenvalue weighted by Crippen LogP contribution is -2.77. The van der Waals surface area contributed by atoms with Crippen molar-refractivity contribution < 1.29 is 92.2 Å². The van der Waals surface area contributed by atoms with Gasteiger partial charge < -0.3 is 0 Å². The van der Waals surface area contributed by atoms with Crippen molar-refractivity contribution in [2.75, 3.05) is 4.43 Å². The molecule has 0 amide bonds. The SMILES string of the molecule is CC(CI)C(F)(F)C(F)(F)C(F)(F)C(F)(F)C(F)(F)C(F)(F)C(F)(F)C(F)(F)C(F)(F)C(F)(F)F. The molecule has 0 aliphatic heterocycles. The first kappa shape index (κ1) is 34.3. The molecular weight excluding hydrogens is 682 g/mol. The van der Waals surface area contributed by atoms with Crippen molar-refractivity contribution in [1.29, 1.82) is 0 Å². The third-order valence-electron chi connectivity index (χ3n) is 4.39. The zero-order valence-corrected chi connectivity index (χ0v) is 17.8. The number of hydrogen-bond acceptors (Lipinski definition) is 0. The first-order chi connectivity index (χ1) is 14.7. The molecule has 0 aliphatic carbocycles. The van der Waals surface area contributed by atoms with Crippen LogP contribution in [0.4, 0.5) is 92.2 Å². The number of alkyl halides is 22. The molecule has 1 unspecified atom stereocenters. The van der Waals surface area contributed by atoms with Crippen LogP contribution in [0.2, 0.25) is 0 Å². The lowest BCUT2D eigenvalue weighted by Gasteiger charge is -2.45. The molecule has 0 saturated heterocycles. The van der Waals surface area contributed by atoms with Gasteiger partial charge in [-0.25, -0.2) is 0 Å². The Labute approximate surface area is 192 Å². The zero-order chi connectivity index (χ0) is 29.3. The first-order valence-corrected chi connectivity index (χ1v) is 9.29. The van der Waals surface area contributed by atoms with Crippen molar-refractivity contribution in [2.45, 2.75) is 66.4 Å². The molecule has 0 fully saturated rings. The molecule has 0 rings (SSSR count). The average Bonchev–Trinajstić information content (AvgIpc) is 2.64. The predicted octanol–water partition coefficient (Wildman–Crippen LogP) is 8.34. The lowest BCUT2D eigenvalue weighted by atomic mass is 9.84. The lowest BCUT2D eigenvalue weighted by molar-refractivity contribution is -0.475. The van der Waals surface area contributed by atoms with E-state index in [1.807, 2.05) is 0 Å². The molecule has 0 saturated carbocycles. The van der Waals surface area contributed by atoms with Crippen LogP contribution < -0.4 is 0 Å². The van der Waals surface area contributed by atoms with Crippen LogP contribution in [0.25, 0.3) is 0 Å². The maximum atomic E-state index is 13.5. The van der Waals surface area contributed by atoms with Crippen molar-refractivity contribution >= 4 is 22.6 Å². The highest BCUT2D eigenvalue weighted by Gasteiger charge is 2.97. The highest BCUT2D eigenvalue weighted by atomic mass is 127. The molecule has 0 aromatic carbocycles. The third-order valence-corrected chi connectivity index (χ3v) is 5.71. The first-order valence-electron chi connectivity index (χ1n) is 7.76. The summed E-state index contributed by atoms with van der Waals surface area (Å²) in [5, 5.41) is 0. The number of hydrogen-bond donors (Lipinski definition) is 0. The molecule has 0 aliphatic rings. The third kappa shape index (κ3) is 4.17. The summed E-state index contributed by atoms with van der Waals surface area (Å²) in [6.07, 6.45) is -7.98. The fraction of sp³-hybridized carbons (Fsp3) is 1.00. The molecule has 0 aromatic heterocycles. The summed E-state index contributed by atoms with van der Waals surface area (Å²) < 4.78 is 274. The molecule has 0 radical (unpaired) electrons. The van der Waals surface area contributed by atoms with Crippen molar-refractivity contribution in [2.24, 2.45) is 5.92 Å².